The fraction of sp³-hybridized carbons (Fsp3) is 0.176. The number of aliphatic carboxylic acids is 3. The normalized spacial score (nSPS) is 19.5. The predicted octanol–water partition coefficient (Wildman–Crippen LogP) is 0.617. The van der Waals surface area contributed by atoms with E-state index in [1.54, 1.807) is 12.1 Å². The number of hydrogen-bond acceptors (Lipinski definition) is 7. The minimum Gasteiger partial charge on any atom is -0.481 e. The minimum atomic E-state index is -1.74. The Kier molecular flexibility index (Phi) is 5.40. The molecule has 0 radical (unpaired) electrons. The Bertz CT molecular complexity index is 1020. The Hall–Kier alpha value is -3.25. The van der Waals surface area contributed by atoms with Gasteiger partial charge in [0.2, 0.25) is 0 Å². The molecule has 1 aromatic carbocycles. The monoisotopic (exact) mass is 436 g/mol. The molecule has 0 spiro atoms. The van der Waals surface area contributed by atoms with Crippen LogP contribution in [0.3, 0.4) is 0 Å². The van der Waals surface area contributed by atoms with Crippen LogP contribution in [-0.2, 0) is 24.0 Å². The Balaban J connectivity index is 2.10. The van der Waals surface area contributed by atoms with Crippen LogP contribution in [0.15, 0.2) is 29.2 Å². The van der Waals surface area contributed by atoms with Gasteiger partial charge in [0.15, 0.2) is 0 Å². The van der Waals surface area contributed by atoms with E-state index in [1.807, 2.05) is 0 Å². The summed E-state index contributed by atoms with van der Waals surface area (Å²) < 4.78 is -0.201. The molecule has 1 unspecified atom stereocenters. The molecular formula is C17H12N2O8S2. The van der Waals surface area contributed by atoms with Crippen molar-refractivity contribution in [1.29, 1.82) is 0 Å². The number of carboxylic acids is 3. The van der Waals surface area contributed by atoms with Gasteiger partial charge in [-0.15, -0.1) is 0 Å². The zero-order valence-corrected chi connectivity index (χ0v) is 16.0. The van der Waals surface area contributed by atoms with Gasteiger partial charge in [0.1, 0.15) is 16.9 Å². The number of amides is 2. The van der Waals surface area contributed by atoms with E-state index >= 15 is 0 Å². The van der Waals surface area contributed by atoms with E-state index in [9.17, 15) is 29.1 Å². The van der Waals surface area contributed by atoms with Gasteiger partial charge in [-0.3, -0.25) is 29.0 Å². The van der Waals surface area contributed by atoms with E-state index in [4.69, 9.17) is 22.4 Å². The second kappa shape index (κ2) is 7.64. The summed E-state index contributed by atoms with van der Waals surface area (Å²) >= 11 is 5.75. The smallest absolute Gasteiger partial charge is 0.327 e. The average Bonchev–Trinajstić information content (AvgIpc) is 3.06. The third-order valence-electron chi connectivity index (χ3n) is 4.21. The molecule has 1 saturated heterocycles. The Labute approximate surface area is 172 Å². The van der Waals surface area contributed by atoms with Crippen molar-refractivity contribution in [2.45, 2.75) is 12.5 Å². The number of para-hydroxylation sites is 1. The van der Waals surface area contributed by atoms with Gasteiger partial charge in [-0.25, -0.2) is 4.79 Å². The number of thiocarbonyl (C=S) groups is 1. The molecular weight excluding hydrogens is 424 g/mol. The molecule has 0 aromatic heterocycles. The molecule has 2 aliphatic heterocycles. The zero-order chi connectivity index (χ0) is 21.5. The van der Waals surface area contributed by atoms with Crippen LogP contribution in [0, 0.1) is 0 Å². The molecule has 0 aliphatic carbocycles. The first-order chi connectivity index (χ1) is 13.6. The largest absolute Gasteiger partial charge is 0.481 e. The zero-order valence-electron chi connectivity index (χ0n) is 14.4. The highest BCUT2D eigenvalue weighted by molar-refractivity contribution is 8.26. The van der Waals surface area contributed by atoms with Crippen LogP contribution < -0.4 is 4.90 Å². The standard InChI is InChI=1S/C17H12N2O8S2/c20-10(21)5-9(16(26)27)19-15(25)13(29-17(19)28)12-7-3-1-2-4-8(7)18(14(12)24)6-11(22)23/h1-4,9H,5-6H2,(H,20,21)(H,22,23)(H,26,27). The molecule has 3 N–H and O–H groups in total. The third-order valence-corrected chi connectivity index (χ3v) is 5.61. The van der Waals surface area contributed by atoms with Crippen molar-refractivity contribution in [3.8, 4) is 0 Å². The van der Waals surface area contributed by atoms with Gasteiger partial charge in [0.05, 0.1) is 22.6 Å². The fourth-order valence-electron chi connectivity index (χ4n) is 3.05. The van der Waals surface area contributed by atoms with Crippen molar-refractivity contribution in [2.24, 2.45) is 0 Å². The van der Waals surface area contributed by atoms with Crippen molar-refractivity contribution in [3.63, 3.8) is 0 Å². The van der Waals surface area contributed by atoms with E-state index in [1.165, 1.54) is 12.1 Å². The summed E-state index contributed by atoms with van der Waals surface area (Å²) in [6.45, 7) is -0.629. The molecule has 1 fully saturated rings. The molecule has 1 atom stereocenters. The molecule has 10 nitrogen and oxygen atoms in total. The topological polar surface area (TPSA) is 153 Å². The van der Waals surface area contributed by atoms with Crippen LogP contribution in [0.5, 0.6) is 0 Å². The minimum absolute atomic E-state index is 0.0961. The Morgan fingerprint density at radius 2 is 1.69 bits per heavy atom. The quantitative estimate of drug-likeness (QED) is 0.427. The van der Waals surface area contributed by atoms with Gasteiger partial charge in [0.25, 0.3) is 11.8 Å². The maximum atomic E-state index is 12.9. The highest BCUT2D eigenvalue weighted by Gasteiger charge is 2.46. The third kappa shape index (κ3) is 3.59. The van der Waals surface area contributed by atoms with Gasteiger partial charge in [-0.1, -0.05) is 42.2 Å². The molecule has 0 saturated carbocycles. The number of fused-ring (bicyclic) bond motifs is 1. The molecule has 2 amide bonds. The molecule has 2 heterocycles. The van der Waals surface area contributed by atoms with E-state index in [-0.39, 0.29) is 14.8 Å². The molecule has 2 aliphatic rings. The van der Waals surface area contributed by atoms with Gasteiger partial charge in [-0.05, 0) is 6.07 Å². The van der Waals surface area contributed by atoms with Gasteiger partial charge in [-0.2, -0.15) is 0 Å². The summed E-state index contributed by atoms with van der Waals surface area (Å²) in [5.41, 5.74) is 0.506. The van der Waals surface area contributed by atoms with Crippen LogP contribution >= 0.6 is 24.0 Å². The second-order valence-corrected chi connectivity index (χ2v) is 7.65. The number of thioether (sulfide) groups is 1. The lowest BCUT2D eigenvalue weighted by Crippen LogP contribution is -2.45. The van der Waals surface area contributed by atoms with E-state index < -0.39 is 48.7 Å². The van der Waals surface area contributed by atoms with Gasteiger partial charge < -0.3 is 15.3 Å². The number of nitrogens with zero attached hydrogens (tertiary/aromatic N) is 2. The maximum Gasteiger partial charge on any atom is 0.327 e. The van der Waals surface area contributed by atoms with Crippen molar-refractivity contribution in [1.82, 2.24) is 4.90 Å². The molecule has 29 heavy (non-hydrogen) atoms. The van der Waals surface area contributed by atoms with Gasteiger partial charge in [0, 0.05) is 5.56 Å². The van der Waals surface area contributed by atoms with Crippen molar-refractivity contribution in [3.05, 3.63) is 34.7 Å². The first kappa shape index (κ1) is 20.5. The van der Waals surface area contributed by atoms with Crippen molar-refractivity contribution in [2.75, 3.05) is 11.4 Å². The number of benzene rings is 1. The first-order valence-electron chi connectivity index (χ1n) is 8.00. The molecule has 150 valence electrons. The van der Waals surface area contributed by atoms with E-state index in [0.717, 1.165) is 4.90 Å². The summed E-state index contributed by atoms with van der Waals surface area (Å²) in [6.07, 6.45) is -0.875. The van der Waals surface area contributed by atoms with E-state index in [0.29, 0.717) is 27.9 Å². The fourth-order valence-corrected chi connectivity index (χ4v) is 4.47. The number of carboxylic acid groups (broad SMARTS) is 3. The Morgan fingerprint density at radius 1 is 1.03 bits per heavy atom. The SMILES string of the molecule is O=C(O)CC(C(=O)O)N1C(=O)C(=C2C(=O)N(CC(=O)O)c3ccccc32)SC1=S. The summed E-state index contributed by atoms with van der Waals surface area (Å²) in [5.74, 6) is -5.90. The Morgan fingerprint density at radius 3 is 2.28 bits per heavy atom. The number of carbonyl (C=O) groups is 5. The molecule has 1 aromatic rings. The highest BCUT2D eigenvalue weighted by Crippen LogP contribution is 2.45. The number of anilines is 1. The summed E-state index contributed by atoms with van der Waals surface area (Å²) in [6, 6.07) is 4.52. The second-order valence-electron chi connectivity index (χ2n) is 6.00. The average molecular weight is 436 g/mol. The highest BCUT2D eigenvalue weighted by atomic mass is 32.2. The first-order valence-corrected chi connectivity index (χ1v) is 9.23. The number of hydrogen-bond donors (Lipinski definition) is 3. The van der Waals surface area contributed by atoms with Crippen LogP contribution in [0.1, 0.15) is 12.0 Å². The van der Waals surface area contributed by atoms with Gasteiger partial charge >= 0.3 is 17.9 Å². The predicted molar refractivity (Wildman–Crippen MR) is 104 cm³/mol. The number of carbonyl (C=O) groups excluding carboxylic acids is 2. The summed E-state index contributed by atoms with van der Waals surface area (Å²) in [5, 5.41) is 27.4. The van der Waals surface area contributed by atoms with Crippen LogP contribution in [0.25, 0.3) is 5.57 Å². The lowest BCUT2D eigenvalue weighted by atomic mass is 10.1. The summed E-state index contributed by atoms with van der Waals surface area (Å²) in [4.78, 5) is 60.9. The molecule has 0 bridgehead atoms. The van der Waals surface area contributed by atoms with E-state index in [2.05, 4.69) is 0 Å². The molecule has 12 heteroatoms. The summed E-state index contributed by atoms with van der Waals surface area (Å²) in [7, 11) is 0. The van der Waals surface area contributed by atoms with Crippen LogP contribution in [0.2, 0.25) is 0 Å². The number of rotatable bonds is 6. The molecule has 3 rings (SSSR count). The maximum absolute atomic E-state index is 12.9. The van der Waals surface area contributed by atoms with Crippen molar-refractivity contribution >= 4 is 69.3 Å². The van der Waals surface area contributed by atoms with Crippen LogP contribution in [-0.4, -0.2) is 66.8 Å². The lowest BCUT2D eigenvalue weighted by molar-refractivity contribution is -0.150. The van der Waals surface area contributed by atoms with Crippen molar-refractivity contribution < 1.29 is 39.3 Å². The lowest BCUT2D eigenvalue weighted by Gasteiger charge is -2.21. The van der Waals surface area contributed by atoms with Crippen LogP contribution in [0.4, 0.5) is 5.69 Å².